The first kappa shape index (κ1) is 14.7. The summed E-state index contributed by atoms with van der Waals surface area (Å²) in [6.07, 6.45) is 4.79. The van der Waals surface area contributed by atoms with Crippen LogP contribution in [0, 0.1) is 13.8 Å². The van der Waals surface area contributed by atoms with Crippen LogP contribution in [0.1, 0.15) is 43.3 Å². The maximum absolute atomic E-state index is 4.64. The van der Waals surface area contributed by atoms with E-state index in [2.05, 4.69) is 56.1 Å². The summed E-state index contributed by atoms with van der Waals surface area (Å²) in [5.74, 6) is 0. The van der Waals surface area contributed by atoms with Gasteiger partial charge in [-0.1, -0.05) is 20.8 Å². The molecule has 4 nitrogen and oxygen atoms in total. The van der Waals surface area contributed by atoms with Gasteiger partial charge in [-0.3, -0.25) is 4.98 Å². The molecule has 0 unspecified atom stereocenters. The minimum absolute atomic E-state index is 0.471. The van der Waals surface area contributed by atoms with E-state index >= 15 is 0 Å². The second-order valence-electron chi connectivity index (χ2n) is 5.50. The molecule has 0 saturated heterocycles. The summed E-state index contributed by atoms with van der Waals surface area (Å²) in [4.78, 5) is 4.34. The van der Waals surface area contributed by atoms with Crippen molar-refractivity contribution in [2.75, 3.05) is 0 Å². The fourth-order valence-electron chi connectivity index (χ4n) is 2.45. The first-order valence-electron chi connectivity index (χ1n) is 7.25. The van der Waals surface area contributed by atoms with Gasteiger partial charge < -0.3 is 5.32 Å². The molecule has 0 saturated carbocycles. The van der Waals surface area contributed by atoms with Crippen molar-refractivity contribution in [1.82, 2.24) is 20.1 Å². The van der Waals surface area contributed by atoms with Crippen molar-refractivity contribution in [1.29, 1.82) is 0 Å². The van der Waals surface area contributed by atoms with Gasteiger partial charge in [0.25, 0.3) is 0 Å². The van der Waals surface area contributed by atoms with Gasteiger partial charge in [0.2, 0.25) is 0 Å². The summed E-state index contributed by atoms with van der Waals surface area (Å²) in [5, 5.41) is 8.06. The van der Waals surface area contributed by atoms with E-state index in [4.69, 9.17) is 0 Å². The van der Waals surface area contributed by atoms with E-state index in [1.165, 1.54) is 16.8 Å². The largest absolute Gasteiger partial charge is 0.310 e. The van der Waals surface area contributed by atoms with Crippen LogP contribution in [0.3, 0.4) is 0 Å². The normalized spacial score (nSPS) is 11.3. The molecular weight excluding hydrogens is 248 g/mol. The lowest BCUT2D eigenvalue weighted by atomic mass is 10.1. The monoisotopic (exact) mass is 272 g/mol. The number of nitrogens with one attached hydrogen (secondary N) is 1. The molecule has 0 aliphatic rings. The van der Waals surface area contributed by atoms with Crippen LogP contribution in [0.4, 0.5) is 0 Å². The third kappa shape index (κ3) is 3.07. The quantitative estimate of drug-likeness (QED) is 0.910. The average molecular weight is 272 g/mol. The molecule has 2 aromatic rings. The lowest BCUT2D eigenvalue weighted by molar-refractivity contribution is 0.587. The van der Waals surface area contributed by atoms with Crippen LogP contribution in [-0.4, -0.2) is 20.8 Å². The Morgan fingerprint density at radius 3 is 2.60 bits per heavy atom. The summed E-state index contributed by atoms with van der Waals surface area (Å²) in [6, 6.07) is 2.63. The zero-order valence-corrected chi connectivity index (χ0v) is 13.1. The van der Waals surface area contributed by atoms with Gasteiger partial charge in [0.05, 0.1) is 17.6 Å². The number of hydrogen-bond donors (Lipinski definition) is 1. The van der Waals surface area contributed by atoms with Crippen LogP contribution in [0.5, 0.6) is 0 Å². The first-order valence-corrected chi connectivity index (χ1v) is 7.25. The van der Waals surface area contributed by atoms with Crippen LogP contribution >= 0.6 is 0 Å². The maximum atomic E-state index is 4.64. The van der Waals surface area contributed by atoms with E-state index in [0.717, 1.165) is 24.3 Å². The van der Waals surface area contributed by atoms with Crippen molar-refractivity contribution < 1.29 is 0 Å². The molecule has 1 N–H and O–H groups in total. The van der Waals surface area contributed by atoms with Gasteiger partial charge in [-0.2, -0.15) is 5.10 Å². The molecule has 0 amide bonds. The molecule has 2 heterocycles. The number of aromatic nitrogens is 3. The Labute approximate surface area is 121 Å². The highest BCUT2D eigenvalue weighted by molar-refractivity contribution is 5.37. The van der Waals surface area contributed by atoms with Crippen LogP contribution < -0.4 is 5.32 Å². The Morgan fingerprint density at radius 2 is 2.00 bits per heavy atom. The van der Waals surface area contributed by atoms with Gasteiger partial charge in [-0.25, -0.2) is 4.68 Å². The fourth-order valence-corrected chi connectivity index (χ4v) is 2.45. The second kappa shape index (κ2) is 6.18. The molecule has 0 aliphatic heterocycles. The summed E-state index contributed by atoms with van der Waals surface area (Å²) < 4.78 is 2.00. The minimum Gasteiger partial charge on any atom is -0.310 e. The van der Waals surface area contributed by atoms with Gasteiger partial charge in [0.15, 0.2) is 0 Å². The lowest BCUT2D eigenvalue weighted by Gasteiger charge is -2.10. The zero-order valence-electron chi connectivity index (χ0n) is 13.1. The van der Waals surface area contributed by atoms with Crippen LogP contribution in [0.15, 0.2) is 18.5 Å². The molecule has 0 atom stereocenters. The topological polar surface area (TPSA) is 42.7 Å². The number of hydrogen-bond acceptors (Lipinski definition) is 3. The van der Waals surface area contributed by atoms with Crippen molar-refractivity contribution in [2.24, 2.45) is 0 Å². The lowest BCUT2D eigenvalue weighted by Crippen LogP contribution is -2.22. The summed E-state index contributed by atoms with van der Waals surface area (Å²) in [7, 11) is 0. The summed E-state index contributed by atoms with van der Waals surface area (Å²) in [6.45, 7) is 11.5. The van der Waals surface area contributed by atoms with Gasteiger partial charge in [0, 0.05) is 24.5 Å². The highest BCUT2D eigenvalue weighted by Crippen LogP contribution is 2.18. The smallest absolute Gasteiger partial charge is 0.0835 e. The molecule has 20 heavy (non-hydrogen) atoms. The average Bonchev–Trinajstić information content (AvgIpc) is 2.71. The number of pyridine rings is 1. The van der Waals surface area contributed by atoms with Crippen molar-refractivity contribution >= 4 is 0 Å². The molecule has 0 bridgehead atoms. The molecule has 0 fully saturated rings. The fraction of sp³-hybridized carbons (Fsp3) is 0.500. The van der Waals surface area contributed by atoms with Crippen LogP contribution in [-0.2, 0) is 13.0 Å². The predicted molar refractivity (Wildman–Crippen MR) is 82.2 cm³/mol. The molecule has 108 valence electrons. The van der Waals surface area contributed by atoms with Gasteiger partial charge in [0.1, 0.15) is 0 Å². The van der Waals surface area contributed by atoms with Crippen molar-refractivity contribution in [3.8, 4) is 5.69 Å². The van der Waals surface area contributed by atoms with E-state index in [-0.39, 0.29) is 0 Å². The predicted octanol–water partition coefficient (Wildman–Crippen LogP) is 2.94. The zero-order chi connectivity index (χ0) is 14.7. The van der Waals surface area contributed by atoms with Crippen LogP contribution in [0.25, 0.3) is 5.69 Å². The molecule has 0 spiro atoms. The Bertz CT molecular complexity index is 584. The highest BCUT2D eigenvalue weighted by Gasteiger charge is 2.11. The number of rotatable bonds is 5. The number of aryl methyl sites for hydroxylation is 1. The molecule has 0 aromatic carbocycles. The first-order chi connectivity index (χ1) is 9.52. The van der Waals surface area contributed by atoms with E-state index in [9.17, 15) is 0 Å². The highest BCUT2D eigenvalue weighted by atomic mass is 15.3. The molecular formula is C16H24N4. The Morgan fingerprint density at radius 1 is 1.25 bits per heavy atom. The van der Waals surface area contributed by atoms with Crippen molar-refractivity contribution in [2.45, 2.75) is 53.6 Å². The van der Waals surface area contributed by atoms with E-state index in [1.54, 1.807) is 0 Å². The van der Waals surface area contributed by atoms with Gasteiger partial charge in [-0.15, -0.1) is 0 Å². The Hall–Kier alpha value is -1.68. The molecule has 2 aromatic heterocycles. The van der Waals surface area contributed by atoms with E-state index in [0.29, 0.717) is 6.04 Å². The molecule has 0 aliphatic carbocycles. The Balaban J connectivity index is 2.31. The third-order valence-electron chi connectivity index (χ3n) is 3.53. The van der Waals surface area contributed by atoms with Gasteiger partial charge in [-0.05, 0) is 37.5 Å². The SMILES string of the molecule is CCc1c(C)nn(-c2cncc(CNC(C)C)c2)c1C. The summed E-state index contributed by atoms with van der Waals surface area (Å²) in [5.41, 5.74) is 5.86. The molecule has 2 rings (SSSR count). The molecule has 4 heteroatoms. The van der Waals surface area contributed by atoms with Gasteiger partial charge >= 0.3 is 0 Å². The minimum atomic E-state index is 0.471. The summed E-state index contributed by atoms with van der Waals surface area (Å²) >= 11 is 0. The van der Waals surface area contributed by atoms with Crippen molar-refractivity contribution in [3.63, 3.8) is 0 Å². The van der Waals surface area contributed by atoms with Crippen molar-refractivity contribution in [3.05, 3.63) is 41.0 Å². The Kier molecular flexibility index (Phi) is 4.55. The van der Waals surface area contributed by atoms with E-state index < -0.39 is 0 Å². The maximum Gasteiger partial charge on any atom is 0.0835 e. The second-order valence-corrected chi connectivity index (χ2v) is 5.50. The molecule has 0 radical (unpaired) electrons. The number of nitrogens with zero attached hydrogens (tertiary/aromatic N) is 3. The van der Waals surface area contributed by atoms with E-state index in [1.807, 2.05) is 17.1 Å². The standard InChI is InChI=1S/C16H24N4/c1-6-16-12(4)19-20(13(16)5)15-7-14(8-17-10-15)9-18-11(2)3/h7-8,10-11,18H,6,9H2,1-5H3. The van der Waals surface area contributed by atoms with Crippen LogP contribution in [0.2, 0.25) is 0 Å². The third-order valence-corrected chi connectivity index (χ3v) is 3.53.